The molecule has 0 radical (unpaired) electrons. The Morgan fingerprint density at radius 1 is 0.348 bits per heavy atom. The normalized spacial score (nSPS) is 14.1. The molecule has 0 unspecified atom stereocenters. The molecular weight excluding hydrogens is 1020 g/mol. The maximum absolute atomic E-state index is 13.2. The van der Waals surface area contributed by atoms with Gasteiger partial charge in [-0.1, -0.05) is 0 Å². The summed E-state index contributed by atoms with van der Waals surface area (Å²) in [5.74, 6) is -17.9. The van der Waals surface area contributed by atoms with Gasteiger partial charge in [-0.05, 0) is 25.7 Å². The average Bonchev–Trinajstić information content (AvgIpc) is 3.28. The number of hydrogen-bond acceptors (Lipinski definition) is 25. The molecule has 37 heteroatoms. The molecule has 14 N–H and O–H groups in total. The van der Waals surface area contributed by atoms with Crippen LogP contribution < -0.4 is 43.0 Å². The van der Waals surface area contributed by atoms with Crippen molar-refractivity contribution in [3.8, 4) is 0 Å². The second-order valence-corrected chi connectivity index (χ2v) is 16.6. The zero-order chi connectivity index (χ0) is 52.6. The second kappa shape index (κ2) is 34.7. The number of nitrogens with two attached hydrogens (primary N) is 1. The summed E-state index contributed by atoms with van der Waals surface area (Å²) in [6, 6.07) is -13.6. The summed E-state index contributed by atoms with van der Waals surface area (Å²) in [6.07, 6.45) is -5.02. The van der Waals surface area contributed by atoms with E-state index in [1.54, 1.807) is 0 Å². The van der Waals surface area contributed by atoms with Crippen molar-refractivity contribution in [2.75, 3.05) is 23.0 Å². The van der Waals surface area contributed by atoms with Crippen molar-refractivity contribution >= 4 is 119 Å². The second-order valence-electron chi connectivity index (χ2n) is 13.6. The Morgan fingerprint density at radius 2 is 0.580 bits per heavy atom. The molecule has 0 fully saturated rings. The lowest BCUT2D eigenvalue weighted by Gasteiger charge is -2.22. The molecular formula is C32H46N12O21S4. The number of carbonyl (C=O) groups excluding carboxylic acids is 7. The number of carboxylic acid groups (broad SMARTS) is 5. The van der Waals surface area contributed by atoms with Gasteiger partial charge in [-0.2, -0.15) is 0 Å². The van der Waals surface area contributed by atoms with Gasteiger partial charge in [0.15, 0.2) is 0 Å². The van der Waals surface area contributed by atoms with E-state index in [0.717, 1.165) is 0 Å². The summed E-state index contributed by atoms with van der Waals surface area (Å²) in [7, 11) is 0. The summed E-state index contributed by atoms with van der Waals surface area (Å²) in [5, 5.41) is 61.7. The van der Waals surface area contributed by atoms with E-state index in [1.165, 1.54) is 0 Å². The van der Waals surface area contributed by atoms with Crippen LogP contribution in [0.15, 0.2) is 18.3 Å². The van der Waals surface area contributed by atoms with Crippen molar-refractivity contribution < 1.29 is 83.1 Å². The molecule has 0 bridgehead atoms. The molecule has 0 aliphatic carbocycles. The molecule has 384 valence electrons. The molecule has 0 aromatic carbocycles. The predicted molar refractivity (Wildman–Crippen MR) is 240 cm³/mol. The van der Waals surface area contributed by atoms with Crippen LogP contribution >= 0.6 is 47.8 Å². The molecule has 7 amide bonds. The fourth-order valence-electron chi connectivity index (χ4n) is 5.03. The van der Waals surface area contributed by atoms with E-state index < -0.39 is 187 Å². The Labute approximate surface area is 404 Å². The fraction of sp³-hybridized carbons (Fsp3) is 0.625. The van der Waals surface area contributed by atoms with Gasteiger partial charge in [-0.25, -0.2) is 19.2 Å². The highest BCUT2D eigenvalue weighted by atomic mass is 32.2. The third-order valence-electron chi connectivity index (χ3n) is 8.59. The number of nitrogens with one attached hydrogen (secondary N) is 7. The Morgan fingerprint density at radius 3 is 0.812 bits per heavy atom. The number of amides is 7. The Hall–Kier alpha value is -6.60. The minimum atomic E-state index is -1.91. The van der Waals surface area contributed by atoms with Crippen molar-refractivity contribution in [3.05, 3.63) is 19.6 Å². The maximum atomic E-state index is 13.2. The number of nitrogens with zero attached hydrogens (tertiary/aromatic N) is 4. The molecule has 8 atom stereocenters. The topological polar surface area (TPSA) is 534 Å². The number of carboxylic acids is 5. The number of carbonyl (C=O) groups is 12. The summed E-state index contributed by atoms with van der Waals surface area (Å²) < 4.78 is 9.89. The first kappa shape index (κ1) is 62.4. The van der Waals surface area contributed by atoms with Gasteiger partial charge in [0, 0.05) is 115 Å². The molecule has 0 aliphatic heterocycles. The third kappa shape index (κ3) is 27.1. The lowest BCUT2D eigenvalue weighted by molar-refractivity contribution is -0.143. The monoisotopic (exact) mass is 1060 g/mol. The Kier molecular flexibility index (Phi) is 31.3. The molecule has 0 aromatic rings. The molecule has 0 aliphatic rings. The van der Waals surface area contributed by atoms with E-state index in [9.17, 15) is 92.5 Å². The lowest BCUT2D eigenvalue weighted by Crippen LogP contribution is -2.54. The van der Waals surface area contributed by atoms with Crippen LogP contribution in [0.25, 0.3) is 0 Å². The first-order valence-corrected chi connectivity index (χ1v) is 23.0. The molecule has 0 aromatic heterocycles. The molecule has 0 rings (SSSR count). The summed E-state index contributed by atoms with van der Waals surface area (Å²) in [6.45, 7) is 0. The van der Waals surface area contributed by atoms with Crippen LogP contribution in [0.1, 0.15) is 51.4 Å². The van der Waals surface area contributed by atoms with Crippen molar-refractivity contribution in [1.29, 1.82) is 0 Å². The van der Waals surface area contributed by atoms with Gasteiger partial charge in [-0.3, -0.25) is 38.4 Å². The highest BCUT2D eigenvalue weighted by Crippen LogP contribution is 2.11. The SMILES string of the molecule is N[C@@H](CCC(=O)N[C@@H](CSN=O)C(=O)N[C@@H](CCC(=O)N[C@@H](CSN=O)C(=O)N[C@@H](CCC(=O)N[C@@H](CSN=O)C(=O)N[C@@H](CCC(=O)N[C@@H](CSN=O)C(=O)O)C(=O)O)C(=O)O)C(=O)O)C(=O)O. The van der Waals surface area contributed by atoms with Gasteiger partial charge in [-0.15, -0.1) is 19.6 Å². The quantitative estimate of drug-likeness (QED) is 0.0214. The highest BCUT2D eigenvalue weighted by molar-refractivity contribution is 7.98. The zero-order valence-electron chi connectivity index (χ0n) is 35.4. The van der Waals surface area contributed by atoms with Crippen LogP contribution in [-0.2, 0) is 57.5 Å². The first-order valence-electron chi connectivity index (χ1n) is 19.3. The number of rotatable bonds is 39. The van der Waals surface area contributed by atoms with E-state index >= 15 is 0 Å². The van der Waals surface area contributed by atoms with Crippen LogP contribution in [0.3, 0.4) is 0 Å². The molecule has 33 nitrogen and oxygen atoms in total. The van der Waals surface area contributed by atoms with Crippen LogP contribution in [-0.4, -0.2) is 168 Å². The van der Waals surface area contributed by atoms with Crippen LogP contribution in [0.5, 0.6) is 0 Å². The highest BCUT2D eigenvalue weighted by Gasteiger charge is 2.32. The third-order valence-corrected chi connectivity index (χ3v) is 10.9. The van der Waals surface area contributed by atoms with Crippen LogP contribution in [0.2, 0.25) is 0 Å². The maximum Gasteiger partial charge on any atom is 0.327 e. The van der Waals surface area contributed by atoms with E-state index in [-0.39, 0.29) is 42.3 Å². The smallest absolute Gasteiger partial charge is 0.327 e. The van der Waals surface area contributed by atoms with E-state index in [4.69, 9.17) is 15.9 Å². The van der Waals surface area contributed by atoms with Crippen molar-refractivity contribution in [2.24, 2.45) is 24.1 Å². The summed E-state index contributed by atoms with van der Waals surface area (Å²) in [4.78, 5) is 190. The van der Waals surface area contributed by atoms with Gasteiger partial charge < -0.3 is 68.5 Å². The molecule has 69 heavy (non-hydrogen) atoms. The number of aliphatic carboxylic acids is 5. The van der Waals surface area contributed by atoms with Crippen molar-refractivity contribution in [1.82, 2.24) is 37.2 Å². The predicted octanol–water partition coefficient (Wildman–Crippen LogP) is -3.09. The van der Waals surface area contributed by atoms with Gasteiger partial charge in [0.1, 0.15) is 48.3 Å². The summed E-state index contributed by atoms with van der Waals surface area (Å²) >= 11 is 0.977. The molecule has 0 heterocycles. The van der Waals surface area contributed by atoms with Crippen LogP contribution in [0.4, 0.5) is 0 Å². The van der Waals surface area contributed by atoms with E-state index in [1.807, 2.05) is 16.0 Å². The largest absolute Gasteiger partial charge is 0.480 e. The zero-order valence-corrected chi connectivity index (χ0v) is 38.6. The van der Waals surface area contributed by atoms with Crippen LogP contribution in [0, 0.1) is 19.6 Å². The van der Waals surface area contributed by atoms with Crippen molar-refractivity contribution in [3.63, 3.8) is 0 Å². The Balaban J connectivity index is 5.70. The fourth-order valence-corrected chi connectivity index (χ4v) is 6.80. The van der Waals surface area contributed by atoms with Crippen molar-refractivity contribution in [2.45, 2.75) is 99.7 Å². The standard InChI is InChI=1S/C32H46N12O21S4/c33-13(28(52)53)1-5-21(45)34-17(9-66-41-62)25(49)38-14(29(54)55)2-6-22(46)35-18(10-67-42-63)26(50)39-15(30(56)57)3-7-23(47)36-19(11-68-43-64)27(51)40-16(31(58)59)4-8-24(48)37-20(32(60)61)12-69-44-65/h13-20H,1-12,33H2,(H,34,45)(H,35,46)(H,36,47)(H,37,48)(H,38,49)(H,39,50)(H,40,51)(H,52,53)(H,54,55)(H,56,57)(H,58,59)(H,60,61)/t13-,14-,15-,16-,17-,18-,19-,20-/m0/s1. The molecule has 0 saturated heterocycles. The van der Waals surface area contributed by atoms with Gasteiger partial charge in [0.25, 0.3) is 0 Å². The lowest BCUT2D eigenvalue weighted by atomic mass is 10.1. The summed E-state index contributed by atoms with van der Waals surface area (Å²) in [5.41, 5.74) is 5.35. The Bertz CT molecular complexity index is 1900. The van der Waals surface area contributed by atoms with E-state index in [2.05, 4.69) is 39.6 Å². The number of nitroso groups, excluding NO2 is 4. The minimum Gasteiger partial charge on any atom is -0.480 e. The van der Waals surface area contributed by atoms with E-state index in [0.29, 0.717) is 11.9 Å². The first-order chi connectivity index (χ1) is 32.5. The van der Waals surface area contributed by atoms with Gasteiger partial charge in [0.2, 0.25) is 41.4 Å². The van der Waals surface area contributed by atoms with Gasteiger partial charge >= 0.3 is 29.8 Å². The minimum absolute atomic E-state index is 0.198. The number of hydrogen-bond donors (Lipinski definition) is 13. The molecule has 0 saturated carbocycles. The van der Waals surface area contributed by atoms with Gasteiger partial charge in [0.05, 0.1) is 0 Å². The average molecular weight is 1060 g/mol. The molecule has 0 spiro atoms.